The minimum atomic E-state index is 0.0201. The molecule has 3 N–H and O–H groups in total. The van der Waals surface area contributed by atoms with Gasteiger partial charge in [-0.05, 0) is 55.5 Å². The lowest BCUT2D eigenvalue weighted by atomic mass is 9.95. The van der Waals surface area contributed by atoms with Gasteiger partial charge in [0.25, 0.3) is 0 Å². The van der Waals surface area contributed by atoms with Crippen LogP contribution < -0.4 is 25.6 Å². The van der Waals surface area contributed by atoms with E-state index < -0.39 is 0 Å². The molecule has 0 saturated carbocycles. The van der Waals surface area contributed by atoms with E-state index in [1.54, 1.807) is 14.2 Å². The summed E-state index contributed by atoms with van der Waals surface area (Å²) in [5.74, 6) is 2.31. The second-order valence-electron chi connectivity index (χ2n) is 9.85. The first-order chi connectivity index (χ1) is 18.0. The van der Waals surface area contributed by atoms with Crippen LogP contribution in [0.4, 0.5) is 0 Å². The van der Waals surface area contributed by atoms with Crippen molar-refractivity contribution in [1.82, 2.24) is 26.1 Å². The molecule has 1 fully saturated rings. The van der Waals surface area contributed by atoms with Gasteiger partial charge in [-0.15, -0.1) is 0 Å². The fraction of sp³-hybridized carbons (Fsp3) is 0.429. The Morgan fingerprint density at radius 1 is 1.08 bits per heavy atom. The first-order valence-corrected chi connectivity index (χ1v) is 12.8. The molecule has 1 amide bonds. The number of benzene rings is 2. The molecule has 3 heterocycles. The highest BCUT2D eigenvalue weighted by Gasteiger charge is 2.44. The van der Waals surface area contributed by atoms with Crippen LogP contribution >= 0.6 is 0 Å². The third kappa shape index (κ3) is 5.22. The average Bonchev–Trinajstić information content (AvgIpc) is 3.52. The number of hydrogen-bond donors (Lipinski definition) is 3. The summed E-state index contributed by atoms with van der Waals surface area (Å²) in [7, 11) is 3.24. The zero-order valence-corrected chi connectivity index (χ0v) is 22.0. The summed E-state index contributed by atoms with van der Waals surface area (Å²) in [6, 6.07) is 13.0. The minimum absolute atomic E-state index is 0.0201. The number of nitrogens with zero attached hydrogens (tertiary/aromatic N) is 3. The number of ether oxygens (including phenoxy) is 2. The van der Waals surface area contributed by atoms with Gasteiger partial charge in [0.2, 0.25) is 5.91 Å². The highest BCUT2D eigenvalue weighted by atomic mass is 16.5. The molecule has 0 spiro atoms. The van der Waals surface area contributed by atoms with E-state index in [2.05, 4.69) is 69.4 Å². The van der Waals surface area contributed by atoms with Gasteiger partial charge in [0, 0.05) is 31.8 Å². The SMILES string of the molecule is COc1ccc(CCNC(=O)CCC2=NNC3C4CC(c5cc(C)ccc5C)NN4C=CN23)cc1OC. The standard InChI is InChI=1S/C28H36N6O3/c1-18-5-6-19(2)21(15-18)22-17-23-28-31-30-26(33(28)13-14-34(23)32-22)9-10-27(35)29-12-11-20-7-8-24(36-3)25(16-20)37-4/h5-8,13-16,22-23,28,31-32H,9-12,17H2,1-4H3,(H,29,35). The molecule has 3 atom stereocenters. The summed E-state index contributed by atoms with van der Waals surface area (Å²) in [5, 5.41) is 9.80. The van der Waals surface area contributed by atoms with Crippen LogP contribution in [0.3, 0.4) is 0 Å². The molecule has 9 heteroatoms. The second kappa shape index (κ2) is 10.7. The van der Waals surface area contributed by atoms with E-state index in [-0.39, 0.29) is 24.2 Å². The molecule has 37 heavy (non-hydrogen) atoms. The van der Waals surface area contributed by atoms with Crippen molar-refractivity contribution in [3.63, 3.8) is 0 Å². The summed E-state index contributed by atoms with van der Waals surface area (Å²) in [4.78, 5) is 14.7. The molecule has 0 bridgehead atoms. The second-order valence-corrected chi connectivity index (χ2v) is 9.85. The smallest absolute Gasteiger partial charge is 0.220 e. The minimum Gasteiger partial charge on any atom is -0.493 e. The molecule has 0 aliphatic carbocycles. The fourth-order valence-corrected chi connectivity index (χ4v) is 5.35. The van der Waals surface area contributed by atoms with E-state index in [1.165, 1.54) is 16.7 Å². The Labute approximate surface area is 218 Å². The molecule has 3 unspecified atom stereocenters. The zero-order chi connectivity index (χ0) is 25.9. The first-order valence-electron chi connectivity index (χ1n) is 12.8. The summed E-state index contributed by atoms with van der Waals surface area (Å²) in [6.07, 6.45) is 6.85. The summed E-state index contributed by atoms with van der Waals surface area (Å²) in [5.41, 5.74) is 12.0. The molecular weight excluding hydrogens is 468 g/mol. The number of rotatable bonds is 9. The molecule has 3 aliphatic heterocycles. The first kappa shape index (κ1) is 25.0. The molecule has 5 rings (SSSR count). The maximum atomic E-state index is 12.5. The number of nitrogens with one attached hydrogen (secondary N) is 3. The van der Waals surface area contributed by atoms with Crippen LogP contribution in [0, 0.1) is 13.8 Å². The number of methoxy groups -OCH3 is 2. The number of aryl methyl sites for hydroxylation is 2. The molecule has 9 nitrogen and oxygen atoms in total. The normalized spacial score (nSPS) is 21.7. The van der Waals surface area contributed by atoms with Gasteiger partial charge < -0.3 is 24.7 Å². The van der Waals surface area contributed by atoms with Crippen LogP contribution in [0.15, 0.2) is 53.9 Å². The Morgan fingerprint density at radius 2 is 1.92 bits per heavy atom. The molecule has 0 radical (unpaired) electrons. The largest absolute Gasteiger partial charge is 0.493 e. The number of carbonyl (C=O) groups is 1. The van der Waals surface area contributed by atoms with Gasteiger partial charge in [0.05, 0.1) is 26.3 Å². The maximum Gasteiger partial charge on any atom is 0.220 e. The Bertz CT molecular complexity index is 1210. The van der Waals surface area contributed by atoms with Crippen molar-refractivity contribution >= 4 is 11.7 Å². The van der Waals surface area contributed by atoms with Crippen LogP contribution in [0.5, 0.6) is 11.5 Å². The highest BCUT2D eigenvalue weighted by Crippen LogP contribution is 2.35. The highest BCUT2D eigenvalue weighted by molar-refractivity contribution is 5.89. The third-order valence-electron chi connectivity index (χ3n) is 7.38. The van der Waals surface area contributed by atoms with Crippen molar-refractivity contribution in [2.24, 2.45) is 5.10 Å². The van der Waals surface area contributed by atoms with Gasteiger partial charge in [-0.25, -0.2) is 5.43 Å². The van der Waals surface area contributed by atoms with Crippen LogP contribution in [0.2, 0.25) is 0 Å². The van der Waals surface area contributed by atoms with E-state index in [9.17, 15) is 4.79 Å². The zero-order valence-electron chi connectivity index (χ0n) is 22.0. The topological polar surface area (TPSA) is 90.5 Å². The van der Waals surface area contributed by atoms with Gasteiger partial charge >= 0.3 is 0 Å². The molecule has 1 saturated heterocycles. The molecule has 0 aromatic heterocycles. The fourth-order valence-electron chi connectivity index (χ4n) is 5.35. The Hall–Kier alpha value is -3.72. The van der Waals surface area contributed by atoms with Crippen LogP contribution in [0.1, 0.15) is 47.6 Å². The average molecular weight is 505 g/mol. The van der Waals surface area contributed by atoms with E-state index in [1.807, 2.05) is 24.4 Å². The number of hydrazine groups is 1. The number of amidine groups is 1. The number of hydrogen-bond acceptors (Lipinski definition) is 8. The lowest BCUT2D eigenvalue weighted by molar-refractivity contribution is -0.120. The Balaban J connectivity index is 1.10. The molecular formula is C28H36N6O3. The Morgan fingerprint density at radius 3 is 2.73 bits per heavy atom. The molecule has 2 aromatic rings. The Kier molecular flexibility index (Phi) is 7.23. The lowest BCUT2D eigenvalue weighted by Gasteiger charge is -2.37. The monoisotopic (exact) mass is 504 g/mol. The number of carbonyl (C=O) groups excluding carboxylic acids is 1. The van der Waals surface area contributed by atoms with Crippen LogP contribution in [0.25, 0.3) is 0 Å². The van der Waals surface area contributed by atoms with E-state index in [4.69, 9.17) is 9.47 Å². The van der Waals surface area contributed by atoms with E-state index >= 15 is 0 Å². The summed E-state index contributed by atoms with van der Waals surface area (Å²) < 4.78 is 10.6. The molecule has 3 aliphatic rings. The van der Waals surface area contributed by atoms with E-state index in [0.717, 1.165) is 24.2 Å². The van der Waals surface area contributed by atoms with Crippen molar-refractivity contribution in [2.75, 3.05) is 20.8 Å². The van der Waals surface area contributed by atoms with Gasteiger partial charge in [-0.2, -0.15) is 5.10 Å². The third-order valence-corrected chi connectivity index (χ3v) is 7.38. The summed E-state index contributed by atoms with van der Waals surface area (Å²) in [6.45, 7) is 4.87. The van der Waals surface area contributed by atoms with Crippen molar-refractivity contribution in [3.05, 3.63) is 71.1 Å². The lowest BCUT2D eigenvalue weighted by Crippen LogP contribution is -2.54. The molecule has 196 valence electrons. The van der Waals surface area contributed by atoms with Gasteiger partial charge in [0.1, 0.15) is 12.0 Å². The van der Waals surface area contributed by atoms with Crippen molar-refractivity contribution in [1.29, 1.82) is 0 Å². The van der Waals surface area contributed by atoms with Crippen molar-refractivity contribution < 1.29 is 14.3 Å². The van der Waals surface area contributed by atoms with Crippen LogP contribution in [-0.4, -0.2) is 54.6 Å². The number of hydrazone groups is 1. The quantitative estimate of drug-likeness (QED) is 0.484. The predicted molar refractivity (Wildman–Crippen MR) is 143 cm³/mol. The maximum absolute atomic E-state index is 12.5. The molecule has 2 aromatic carbocycles. The van der Waals surface area contributed by atoms with Gasteiger partial charge in [-0.1, -0.05) is 29.8 Å². The van der Waals surface area contributed by atoms with Crippen molar-refractivity contribution in [3.8, 4) is 11.5 Å². The van der Waals surface area contributed by atoms with Gasteiger partial charge in [-0.3, -0.25) is 10.2 Å². The van der Waals surface area contributed by atoms with Crippen LogP contribution in [-0.2, 0) is 11.2 Å². The van der Waals surface area contributed by atoms with Crippen molar-refractivity contribution in [2.45, 2.75) is 57.8 Å². The summed E-state index contributed by atoms with van der Waals surface area (Å²) >= 11 is 0. The number of amides is 1. The van der Waals surface area contributed by atoms with Gasteiger partial charge in [0.15, 0.2) is 11.5 Å². The van der Waals surface area contributed by atoms with E-state index in [0.29, 0.717) is 30.9 Å². The predicted octanol–water partition coefficient (Wildman–Crippen LogP) is 3.11. The number of fused-ring (bicyclic) bond motifs is 3.